The second-order valence-electron chi connectivity index (χ2n) is 24.2. The lowest BCUT2D eigenvalue weighted by atomic mass is 10.0. The summed E-state index contributed by atoms with van der Waals surface area (Å²) in [6.45, 7) is 4.28. The molecule has 0 aliphatic heterocycles. The second kappa shape index (κ2) is 64.2. The molecule has 1 N–H and O–H groups in total. The van der Waals surface area contributed by atoms with Gasteiger partial charge in [-0.1, -0.05) is 316 Å². The molecular weight excluding hydrogens is 1060 g/mol. The number of likely N-dealkylation sites (N-methyl/N-ethyl adjacent to an activating group) is 1. The van der Waals surface area contributed by atoms with Crippen molar-refractivity contribution >= 4 is 19.8 Å². The van der Waals surface area contributed by atoms with E-state index in [-0.39, 0.29) is 32.0 Å². The molecule has 84 heavy (non-hydrogen) atoms. The van der Waals surface area contributed by atoms with E-state index in [9.17, 15) is 19.0 Å². The van der Waals surface area contributed by atoms with Gasteiger partial charge in [-0.2, -0.15) is 0 Å². The summed E-state index contributed by atoms with van der Waals surface area (Å²) in [7, 11) is 1.44. The van der Waals surface area contributed by atoms with Crippen molar-refractivity contribution in [3.63, 3.8) is 0 Å². The Kier molecular flexibility index (Phi) is 61.6. The summed E-state index contributed by atoms with van der Waals surface area (Å²) in [6.07, 6.45) is 90.7. The van der Waals surface area contributed by atoms with Crippen LogP contribution in [0.2, 0.25) is 0 Å². The van der Waals surface area contributed by atoms with Gasteiger partial charge in [-0.05, 0) is 77.0 Å². The molecule has 0 rings (SSSR count). The summed E-state index contributed by atoms with van der Waals surface area (Å²) >= 11 is 0. The number of unbranched alkanes of at least 4 members (excludes halogenated alkanes) is 31. The van der Waals surface area contributed by atoms with Gasteiger partial charge < -0.3 is 18.9 Å². The minimum absolute atomic E-state index is 0.0164. The smallest absolute Gasteiger partial charge is 0.462 e. The van der Waals surface area contributed by atoms with Crippen LogP contribution in [0, 0.1) is 0 Å². The summed E-state index contributed by atoms with van der Waals surface area (Å²) in [5.41, 5.74) is 0. The Bertz CT molecular complexity index is 1790. The van der Waals surface area contributed by atoms with E-state index in [2.05, 4.69) is 123 Å². The number of ether oxygens (including phenoxy) is 2. The molecule has 0 aromatic heterocycles. The first-order chi connectivity index (χ1) is 41.0. The van der Waals surface area contributed by atoms with E-state index < -0.39 is 26.5 Å². The fraction of sp³-hybridized carbons (Fsp3) is 0.730. The lowest BCUT2D eigenvalue weighted by Gasteiger charge is -2.24. The van der Waals surface area contributed by atoms with Crippen molar-refractivity contribution in [2.45, 2.75) is 302 Å². The summed E-state index contributed by atoms with van der Waals surface area (Å²) < 4.78 is 34.6. The molecule has 0 aliphatic carbocycles. The lowest BCUT2D eigenvalue weighted by Crippen LogP contribution is -2.37. The van der Waals surface area contributed by atoms with Gasteiger partial charge in [0.2, 0.25) is 0 Å². The number of esters is 2. The monoisotopic (exact) mass is 1190 g/mol. The fourth-order valence-electron chi connectivity index (χ4n) is 9.55. The third-order valence-electron chi connectivity index (χ3n) is 14.8. The number of nitrogens with zero attached hydrogens (tertiary/aromatic N) is 1. The van der Waals surface area contributed by atoms with Gasteiger partial charge in [0.05, 0.1) is 27.7 Å². The highest BCUT2D eigenvalue weighted by molar-refractivity contribution is 7.47. The number of phosphoric ester groups is 1. The van der Waals surface area contributed by atoms with Crippen LogP contribution in [-0.2, 0) is 32.7 Å². The molecule has 0 aromatic carbocycles. The van der Waals surface area contributed by atoms with Crippen LogP contribution < -0.4 is 0 Å². The Balaban J connectivity index is 4.15. The Morgan fingerprint density at radius 2 is 0.679 bits per heavy atom. The van der Waals surface area contributed by atoms with Crippen molar-refractivity contribution in [1.82, 2.24) is 0 Å². The van der Waals surface area contributed by atoms with Crippen molar-refractivity contribution in [2.75, 3.05) is 47.5 Å². The Morgan fingerprint density at radius 1 is 0.381 bits per heavy atom. The molecule has 0 amide bonds. The first-order valence-corrected chi connectivity index (χ1v) is 36.1. The third kappa shape index (κ3) is 67.8. The van der Waals surface area contributed by atoms with E-state index in [4.69, 9.17) is 18.5 Å². The zero-order valence-corrected chi connectivity index (χ0v) is 56.0. The number of allylic oxidation sites excluding steroid dienone is 18. The summed E-state index contributed by atoms with van der Waals surface area (Å²) in [4.78, 5) is 35.8. The zero-order chi connectivity index (χ0) is 61.2. The molecule has 0 saturated carbocycles. The quantitative estimate of drug-likeness (QED) is 0.0211. The molecule has 484 valence electrons. The fourth-order valence-corrected chi connectivity index (χ4v) is 10.3. The van der Waals surface area contributed by atoms with Crippen LogP contribution in [-0.4, -0.2) is 74.9 Å². The van der Waals surface area contributed by atoms with Crippen molar-refractivity contribution in [1.29, 1.82) is 0 Å². The second-order valence-corrected chi connectivity index (χ2v) is 25.6. The Hall–Kier alpha value is -3.33. The van der Waals surface area contributed by atoms with Gasteiger partial charge in [0.25, 0.3) is 0 Å². The number of quaternary nitrogens is 1. The van der Waals surface area contributed by atoms with Crippen LogP contribution in [0.25, 0.3) is 0 Å². The predicted molar refractivity (Wildman–Crippen MR) is 362 cm³/mol. The van der Waals surface area contributed by atoms with Gasteiger partial charge in [0.15, 0.2) is 6.10 Å². The van der Waals surface area contributed by atoms with Gasteiger partial charge in [-0.3, -0.25) is 18.6 Å². The minimum Gasteiger partial charge on any atom is -0.462 e. The molecule has 0 bridgehead atoms. The number of phosphoric acid groups is 1. The summed E-state index contributed by atoms with van der Waals surface area (Å²) in [6, 6.07) is 0. The highest BCUT2D eigenvalue weighted by atomic mass is 31.2. The van der Waals surface area contributed by atoms with Crippen molar-refractivity contribution in [2.24, 2.45) is 0 Å². The average molecular weight is 1190 g/mol. The molecule has 0 aliphatic rings. The van der Waals surface area contributed by atoms with Gasteiger partial charge >= 0.3 is 19.8 Å². The molecule has 0 radical (unpaired) electrons. The molecule has 2 unspecified atom stereocenters. The first kappa shape index (κ1) is 80.7. The summed E-state index contributed by atoms with van der Waals surface area (Å²) in [5.74, 6) is -0.863. The van der Waals surface area contributed by atoms with Crippen LogP contribution in [0.5, 0.6) is 0 Å². The molecule has 0 aromatic rings. The highest BCUT2D eigenvalue weighted by Crippen LogP contribution is 2.43. The number of hydrogen-bond donors (Lipinski definition) is 1. The van der Waals surface area contributed by atoms with Crippen LogP contribution in [0.4, 0.5) is 0 Å². The van der Waals surface area contributed by atoms with Gasteiger partial charge in [-0.15, -0.1) is 0 Å². The largest absolute Gasteiger partial charge is 0.472 e. The predicted octanol–water partition coefficient (Wildman–Crippen LogP) is 22.5. The van der Waals surface area contributed by atoms with E-state index in [1.807, 2.05) is 21.1 Å². The van der Waals surface area contributed by atoms with Crippen molar-refractivity contribution in [3.8, 4) is 0 Å². The number of carbonyl (C=O) groups is 2. The Morgan fingerprint density at radius 3 is 1.00 bits per heavy atom. The van der Waals surface area contributed by atoms with Gasteiger partial charge in [-0.25, -0.2) is 4.57 Å². The molecule has 0 saturated heterocycles. The molecule has 0 spiro atoms. The topological polar surface area (TPSA) is 108 Å². The van der Waals surface area contributed by atoms with E-state index in [1.54, 1.807) is 0 Å². The third-order valence-corrected chi connectivity index (χ3v) is 15.8. The number of hydrogen-bond acceptors (Lipinski definition) is 7. The van der Waals surface area contributed by atoms with Crippen LogP contribution in [0.3, 0.4) is 0 Å². The van der Waals surface area contributed by atoms with Crippen molar-refractivity contribution < 1.29 is 42.1 Å². The highest BCUT2D eigenvalue weighted by Gasteiger charge is 2.27. The van der Waals surface area contributed by atoms with Gasteiger partial charge in [0, 0.05) is 12.8 Å². The van der Waals surface area contributed by atoms with Crippen molar-refractivity contribution in [3.05, 3.63) is 109 Å². The number of carbonyl (C=O) groups excluding carboxylic acids is 2. The van der Waals surface area contributed by atoms with Crippen LogP contribution >= 0.6 is 7.82 Å². The lowest BCUT2D eigenvalue weighted by molar-refractivity contribution is -0.870. The van der Waals surface area contributed by atoms with Crippen LogP contribution in [0.1, 0.15) is 296 Å². The molecular formula is C74H131NO8P+. The molecule has 0 heterocycles. The Labute approximate surface area is 518 Å². The standard InChI is InChI=1S/C74H130NO8P/c1-6-8-10-12-14-16-18-20-22-24-26-28-30-32-34-36-37-39-40-42-44-46-48-50-52-54-56-58-60-62-64-66-73(76)80-70-72(71-82-84(78,79)81-69-68-75(3,4)5)83-74(77)67-65-63-61-59-57-55-53-51-49-47-45-43-41-38-35-33-31-29-27-25-23-21-19-17-15-13-11-9-7-2/h9,11,15,17,21,23,27,29,33,35,41,43,47,49,53,55,59,61,72H,6-8,10,12-14,16,18-20,22,24-26,28,30-32,34,36-40,42,44-46,48,50-52,54,56-58,60,62-71H2,1-5H3/p+1/b11-9-,17-15-,23-21-,29-27-,35-33-,43-41-,49-47-,55-53-,61-59-. The SMILES string of the molecule is CC/C=C\C/C=C\C/C=C\C/C=C\C/C=C\C/C=C\C/C=C\C/C=C\C/C=C\CCCC(=O)OC(COC(=O)CCCCCCCCCCCCCCCCCCCCCCCCCCCCCCCCC)COP(=O)(O)OCC[N+](C)(C)C. The molecule has 0 fully saturated rings. The van der Waals surface area contributed by atoms with E-state index in [0.29, 0.717) is 23.9 Å². The summed E-state index contributed by atoms with van der Waals surface area (Å²) in [5, 5.41) is 0. The van der Waals surface area contributed by atoms with Crippen LogP contribution in [0.15, 0.2) is 109 Å². The van der Waals surface area contributed by atoms with Gasteiger partial charge in [0.1, 0.15) is 19.8 Å². The van der Waals surface area contributed by atoms with E-state index >= 15 is 0 Å². The molecule has 9 nitrogen and oxygen atoms in total. The minimum atomic E-state index is -4.41. The molecule has 10 heteroatoms. The average Bonchev–Trinajstić information content (AvgIpc) is 3.61. The van der Waals surface area contributed by atoms with E-state index in [1.165, 1.54) is 180 Å². The molecule has 2 atom stereocenters. The zero-order valence-electron chi connectivity index (χ0n) is 55.1. The van der Waals surface area contributed by atoms with E-state index in [0.717, 1.165) is 77.0 Å². The maximum Gasteiger partial charge on any atom is 0.472 e. The normalized spacial score (nSPS) is 13.8. The first-order valence-electron chi connectivity index (χ1n) is 34.6. The maximum atomic E-state index is 12.8. The number of rotatable bonds is 63. The maximum absolute atomic E-state index is 12.8.